The fraction of sp³-hybridized carbons (Fsp3) is 0.308. The maximum absolute atomic E-state index is 12.1. The van der Waals surface area contributed by atoms with Crippen molar-refractivity contribution in [1.82, 2.24) is 14.8 Å². The molecular formula is C13H15N3O3S. The second-order valence-corrected chi connectivity index (χ2v) is 4.94. The minimum atomic E-state index is -0.260. The molecule has 0 amide bonds. The minimum absolute atomic E-state index is 0.0352. The highest BCUT2D eigenvalue weighted by Crippen LogP contribution is 2.18. The van der Waals surface area contributed by atoms with Crippen molar-refractivity contribution in [3.8, 4) is 5.75 Å². The SMILES string of the molecule is CCn1c(SCC(=O)c2cccc(OC)c2)n[nH]c1=O. The summed E-state index contributed by atoms with van der Waals surface area (Å²) < 4.78 is 6.58. The van der Waals surface area contributed by atoms with E-state index in [4.69, 9.17) is 4.74 Å². The number of ether oxygens (including phenoxy) is 1. The summed E-state index contributed by atoms with van der Waals surface area (Å²) in [7, 11) is 1.56. The fourth-order valence-electron chi connectivity index (χ4n) is 1.70. The van der Waals surface area contributed by atoms with Gasteiger partial charge in [0.05, 0.1) is 12.9 Å². The zero-order valence-electron chi connectivity index (χ0n) is 11.3. The van der Waals surface area contributed by atoms with Gasteiger partial charge in [0.15, 0.2) is 10.9 Å². The summed E-state index contributed by atoms with van der Waals surface area (Å²) in [6.07, 6.45) is 0. The van der Waals surface area contributed by atoms with E-state index in [1.807, 2.05) is 6.92 Å². The summed E-state index contributed by atoms with van der Waals surface area (Å²) in [6, 6.07) is 6.99. The van der Waals surface area contributed by atoms with Crippen LogP contribution < -0.4 is 10.4 Å². The molecule has 0 aliphatic rings. The van der Waals surface area contributed by atoms with E-state index in [2.05, 4.69) is 10.2 Å². The van der Waals surface area contributed by atoms with Crippen LogP contribution in [0.1, 0.15) is 17.3 Å². The molecule has 0 saturated heterocycles. The number of rotatable bonds is 6. The number of ketones is 1. The number of thioether (sulfide) groups is 1. The first-order valence-corrected chi connectivity index (χ1v) is 7.09. The van der Waals surface area contributed by atoms with Crippen molar-refractivity contribution in [1.29, 1.82) is 0 Å². The van der Waals surface area contributed by atoms with Gasteiger partial charge in [-0.15, -0.1) is 5.10 Å². The largest absolute Gasteiger partial charge is 0.497 e. The molecule has 6 nitrogen and oxygen atoms in total. The van der Waals surface area contributed by atoms with Crippen molar-refractivity contribution in [2.45, 2.75) is 18.6 Å². The van der Waals surface area contributed by atoms with Crippen LogP contribution in [0.2, 0.25) is 0 Å². The number of aromatic nitrogens is 3. The minimum Gasteiger partial charge on any atom is -0.497 e. The van der Waals surface area contributed by atoms with Gasteiger partial charge < -0.3 is 4.74 Å². The summed E-state index contributed by atoms with van der Waals surface area (Å²) in [4.78, 5) is 23.5. The van der Waals surface area contributed by atoms with Crippen LogP contribution in [0.5, 0.6) is 5.75 Å². The van der Waals surface area contributed by atoms with Crippen LogP contribution in [-0.4, -0.2) is 33.4 Å². The maximum atomic E-state index is 12.1. The van der Waals surface area contributed by atoms with Crippen molar-refractivity contribution < 1.29 is 9.53 Å². The lowest BCUT2D eigenvalue weighted by atomic mass is 10.1. The number of Topliss-reactive ketones (excluding diaryl/α,β-unsaturated/α-hetero) is 1. The third-order valence-electron chi connectivity index (χ3n) is 2.76. The molecule has 106 valence electrons. The maximum Gasteiger partial charge on any atom is 0.343 e. The predicted molar refractivity (Wildman–Crippen MR) is 76.6 cm³/mol. The average molecular weight is 293 g/mol. The monoisotopic (exact) mass is 293 g/mol. The summed E-state index contributed by atoms with van der Waals surface area (Å²) >= 11 is 1.24. The van der Waals surface area contributed by atoms with E-state index >= 15 is 0 Å². The van der Waals surface area contributed by atoms with Gasteiger partial charge in [0.2, 0.25) is 0 Å². The van der Waals surface area contributed by atoms with E-state index in [0.717, 1.165) is 0 Å². The number of hydrogen-bond acceptors (Lipinski definition) is 5. The van der Waals surface area contributed by atoms with E-state index in [9.17, 15) is 9.59 Å². The van der Waals surface area contributed by atoms with Gasteiger partial charge in [-0.05, 0) is 19.1 Å². The Morgan fingerprint density at radius 1 is 1.50 bits per heavy atom. The highest BCUT2D eigenvalue weighted by Gasteiger charge is 2.12. The molecule has 2 aromatic rings. The Labute approximate surface area is 120 Å². The Hall–Kier alpha value is -2.02. The number of benzene rings is 1. The van der Waals surface area contributed by atoms with Crippen LogP contribution in [0, 0.1) is 0 Å². The first-order valence-electron chi connectivity index (χ1n) is 6.11. The van der Waals surface area contributed by atoms with Gasteiger partial charge in [-0.25, -0.2) is 9.89 Å². The van der Waals surface area contributed by atoms with Crippen molar-refractivity contribution in [3.05, 3.63) is 40.3 Å². The molecule has 0 bridgehead atoms. The van der Waals surface area contributed by atoms with Gasteiger partial charge in [0.25, 0.3) is 0 Å². The van der Waals surface area contributed by atoms with Crippen LogP contribution in [0.3, 0.4) is 0 Å². The van der Waals surface area contributed by atoms with Gasteiger partial charge >= 0.3 is 5.69 Å². The standard InChI is InChI=1S/C13H15N3O3S/c1-3-16-12(18)14-15-13(16)20-8-11(17)9-5-4-6-10(7-9)19-2/h4-7H,3,8H2,1-2H3,(H,14,18). The van der Waals surface area contributed by atoms with E-state index < -0.39 is 0 Å². The molecule has 0 aliphatic carbocycles. The van der Waals surface area contributed by atoms with E-state index in [1.54, 1.807) is 31.4 Å². The van der Waals surface area contributed by atoms with Gasteiger partial charge in [0, 0.05) is 12.1 Å². The molecule has 0 spiro atoms. The Morgan fingerprint density at radius 3 is 3.00 bits per heavy atom. The number of carbonyl (C=O) groups excluding carboxylic acids is 1. The summed E-state index contributed by atoms with van der Waals surface area (Å²) in [5.74, 6) is 0.829. The molecule has 0 radical (unpaired) electrons. The second-order valence-electron chi connectivity index (χ2n) is 4.00. The molecule has 0 fully saturated rings. The molecule has 0 saturated carbocycles. The van der Waals surface area contributed by atoms with Crippen molar-refractivity contribution in [2.24, 2.45) is 0 Å². The fourth-order valence-corrected chi connectivity index (χ4v) is 2.61. The van der Waals surface area contributed by atoms with Crippen LogP contribution in [0.15, 0.2) is 34.2 Å². The van der Waals surface area contributed by atoms with Crippen molar-refractivity contribution >= 4 is 17.5 Å². The summed E-state index contributed by atoms with van der Waals surface area (Å²) in [5.41, 5.74) is 0.321. The first-order chi connectivity index (χ1) is 9.65. The first kappa shape index (κ1) is 14.4. The molecule has 7 heteroatoms. The lowest BCUT2D eigenvalue weighted by Gasteiger charge is -2.04. The van der Waals surface area contributed by atoms with Gasteiger partial charge in [-0.1, -0.05) is 23.9 Å². The molecule has 20 heavy (non-hydrogen) atoms. The third-order valence-corrected chi connectivity index (χ3v) is 3.74. The average Bonchev–Trinajstić information content (AvgIpc) is 2.84. The Kier molecular flexibility index (Phi) is 4.62. The van der Waals surface area contributed by atoms with Crippen LogP contribution in [0.25, 0.3) is 0 Å². The van der Waals surface area contributed by atoms with Crippen LogP contribution in [-0.2, 0) is 6.54 Å². The second kappa shape index (κ2) is 6.42. The number of hydrogen-bond donors (Lipinski definition) is 1. The number of carbonyl (C=O) groups is 1. The summed E-state index contributed by atoms with van der Waals surface area (Å²) in [5, 5.41) is 6.79. The number of aromatic amines is 1. The quantitative estimate of drug-likeness (QED) is 0.646. The van der Waals surface area contributed by atoms with Crippen molar-refractivity contribution in [3.63, 3.8) is 0 Å². The lowest BCUT2D eigenvalue weighted by molar-refractivity contribution is 0.102. The smallest absolute Gasteiger partial charge is 0.343 e. The molecule has 1 aromatic heterocycles. The highest BCUT2D eigenvalue weighted by atomic mass is 32.2. The van der Waals surface area contributed by atoms with Crippen molar-refractivity contribution in [2.75, 3.05) is 12.9 Å². The van der Waals surface area contributed by atoms with E-state index in [-0.39, 0.29) is 17.2 Å². The number of nitrogens with zero attached hydrogens (tertiary/aromatic N) is 2. The molecule has 1 aromatic carbocycles. The van der Waals surface area contributed by atoms with Crippen LogP contribution >= 0.6 is 11.8 Å². The Bertz CT molecular complexity index is 663. The molecular weight excluding hydrogens is 278 g/mol. The van der Waals surface area contributed by atoms with Gasteiger partial charge in [-0.2, -0.15) is 0 Å². The third kappa shape index (κ3) is 3.11. The number of nitrogens with one attached hydrogen (secondary N) is 1. The Balaban J connectivity index is 2.06. The van der Waals surface area contributed by atoms with Gasteiger partial charge in [0.1, 0.15) is 5.75 Å². The highest BCUT2D eigenvalue weighted by molar-refractivity contribution is 7.99. The molecule has 1 heterocycles. The molecule has 1 N–H and O–H groups in total. The number of methoxy groups -OCH3 is 1. The lowest BCUT2D eigenvalue weighted by Crippen LogP contribution is -2.16. The molecule has 0 aliphatic heterocycles. The van der Waals surface area contributed by atoms with E-state index in [0.29, 0.717) is 23.0 Å². The van der Waals surface area contributed by atoms with E-state index in [1.165, 1.54) is 16.3 Å². The summed E-state index contributed by atoms with van der Waals surface area (Å²) in [6.45, 7) is 2.37. The predicted octanol–water partition coefficient (Wildman–Crippen LogP) is 1.57. The van der Waals surface area contributed by atoms with Crippen LogP contribution in [0.4, 0.5) is 0 Å². The normalized spacial score (nSPS) is 10.5. The number of H-pyrrole nitrogens is 1. The zero-order valence-corrected chi connectivity index (χ0v) is 12.1. The zero-order chi connectivity index (χ0) is 14.5. The molecule has 0 unspecified atom stereocenters. The Morgan fingerprint density at radius 2 is 2.30 bits per heavy atom. The molecule has 0 atom stereocenters. The van der Waals surface area contributed by atoms with Gasteiger partial charge in [-0.3, -0.25) is 9.36 Å². The topological polar surface area (TPSA) is 77.0 Å². The molecule has 2 rings (SSSR count).